The Morgan fingerprint density at radius 2 is 2.14 bits per heavy atom. The summed E-state index contributed by atoms with van der Waals surface area (Å²) in [5.41, 5.74) is 6.93. The monoisotopic (exact) mass is 391 g/mol. The van der Waals surface area contributed by atoms with Gasteiger partial charge in [0.05, 0.1) is 13.3 Å². The van der Waals surface area contributed by atoms with E-state index in [9.17, 15) is 9.59 Å². The van der Waals surface area contributed by atoms with Gasteiger partial charge in [0.25, 0.3) is 5.91 Å². The first-order chi connectivity index (χ1) is 13.6. The van der Waals surface area contributed by atoms with E-state index in [1.807, 2.05) is 6.92 Å². The van der Waals surface area contributed by atoms with Gasteiger partial charge in [-0.15, -0.1) is 0 Å². The number of hydrogen-bond acceptors (Lipinski definition) is 7. The maximum absolute atomic E-state index is 12.4. The van der Waals surface area contributed by atoms with Gasteiger partial charge in [-0.2, -0.15) is 0 Å². The molecule has 0 aromatic carbocycles. The van der Waals surface area contributed by atoms with Crippen LogP contribution < -0.4 is 26.2 Å². The Hall–Kier alpha value is -2.39. The molecule has 1 aromatic heterocycles. The molecule has 2 unspecified atom stereocenters. The lowest BCUT2D eigenvalue weighted by Crippen LogP contribution is -2.44. The highest BCUT2D eigenvalue weighted by Gasteiger charge is 2.37. The molecule has 3 rings (SSSR count). The molecule has 9 nitrogen and oxygen atoms in total. The number of hydrazine groups is 1. The van der Waals surface area contributed by atoms with Crippen molar-refractivity contribution in [2.75, 3.05) is 13.7 Å². The van der Waals surface area contributed by atoms with Crippen LogP contribution in [0.4, 0.5) is 4.79 Å². The molecule has 2 heterocycles. The molecule has 0 spiro atoms. The standard InChI is InChI=1S/C19H29N5O4/c1-3-7-21-19(26)28-14-5-4-12(9-14)15-11-16(24-23-15)22-18(25)13-6-8-20-17(10-13)27-2/h6,8,10,12,14-16,23-24H,3-5,7,9,11H2,1-2H3,(H,21,26)(H,22,25)/t12-,14+,15?,16?/m1/s1. The third-order valence-electron chi connectivity index (χ3n) is 5.23. The molecule has 1 saturated heterocycles. The van der Waals surface area contributed by atoms with Crippen molar-refractivity contribution in [3.05, 3.63) is 23.9 Å². The predicted octanol–water partition coefficient (Wildman–Crippen LogP) is 1.32. The van der Waals surface area contributed by atoms with Crippen LogP contribution >= 0.6 is 0 Å². The molecule has 2 aliphatic rings. The fraction of sp³-hybridized carbons (Fsp3) is 0.632. The molecule has 1 aromatic rings. The average Bonchev–Trinajstić information content (AvgIpc) is 3.35. The Kier molecular flexibility index (Phi) is 7.05. The van der Waals surface area contributed by atoms with E-state index in [4.69, 9.17) is 9.47 Å². The first-order valence-corrected chi connectivity index (χ1v) is 9.85. The Morgan fingerprint density at radius 1 is 1.29 bits per heavy atom. The van der Waals surface area contributed by atoms with E-state index in [1.54, 1.807) is 18.3 Å². The minimum Gasteiger partial charge on any atom is -0.481 e. The quantitative estimate of drug-likeness (QED) is 0.554. The molecule has 154 valence electrons. The Morgan fingerprint density at radius 3 is 2.93 bits per heavy atom. The number of ether oxygens (including phenoxy) is 2. The molecule has 1 aliphatic carbocycles. The molecular formula is C19H29N5O4. The highest BCUT2D eigenvalue weighted by atomic mass is 16.6. The molecule has 9 heteroatoms. The van der Waals surface area contributed by atoms with Crippen molar-refractivity contribution in [3.8, 4) is 5.88 Å². The lowest BCUT2D eigenvalue weighted by atomic mass is 9.96. The topological polar surface area (TPSA) is 114 Å². The molecule has 0 radical (unpaired) electrons. The first kappa shape index (κ1) is 20.3. The number of nitrogens with zero attached hydrogens (tertiary/aromatic N) is 1. The lowest BCUT2D eigenvalue weighted by molar-refractivity contribution is 0.0927. The van der Waals surface area contributed by atoms with Crippen LogP contribution in [-0.2, 0) is 4.74 Å². The third kappa shape index (κ3) is 5.32. The minimum atomic E-state index is -0.331. The van der Waals surface area contributed by atoms with Crippen LogP contribution in [0.3, 0.4) is 0 Å². The second-order valence-corrected chi connectivity index (χ2v) is 7.27. The fourth-order valence-electron chi connectivity index (χ4n) is 3.75. The predicted molar refractivity (Wildman–Crippen MR) is 103 cm³/mol. The van der Waals surface area contributed by atoms with Crippen LogP contribution in [0.15, 0.2) is 18.3 Å². The molecule has 28 heavy (non-hydrogen) atoms. The SMILES string of the molecule is CCCNC(=O)O[C@H]1CC[C@@H](C2CC(NC(=O)c3ccnc(OC)c3)NN2)C1. The Balaban J connectivity index is 1.44. The molecule has 2 fully saturated rings. The maximum Gasteiger partial charge on any atom is 0.407 e. The van der Waals surface area contributed by atoms with E-state index in [0.29, 0.717) is 23.9 Å². The van der Waals surface area contributed by atoms with Crippen molar-refractivity contribution in [1.29, 1.82) is 0 Å². The van der Waals surface area contributed by atoms with Gasteiger partial charge in [-0.3, -0.25) is 10.2 Å². The van der Waals surface area contributed by atoms with Crippen molar-refractivity contribution < 1.29 is 19.1 Å². The number of carbonyl (C=O) groups is 2. The van der Waals surface area contributed by atoms with Crippen molar-refractivity contribution >= 4 is 12.0 Å². The van der Waals surface area contributed by atoms with Gasteiger partial charge < -0.3 is 20.1 Å². The zero-order chi connectivity index (χ0) is 19.9. The normalized spacial score (nSPS) is 26.6. The summed E-state index contributed by atoms with van der Waals surface area (Å²) in [6, 6.07) is 3.49. The Labute approximate surface area is 164 Å². The molecule has 0 bridgehead atoms. The van der Waals surface area contributed by atoms with Gasteiger partial charge in [0.2, 0.25) is 5.88 Å². The molecule has 4 atom stereocenters. The summed E-state index contributed by atoms with van der Waals surface area (Å²) in [5, 5.41) is 5.72. The number of methoxy groups -OCH3 is 1. The zero-order valence-electron chi connectivity index (χ0n) is 16.4. The number of hydrogen-bond donors (Lipinski definition) is 4. The summed E-state index contributed by atoms with van der Waals surface area (Å²) >= 11 is 0. The van der Waals surface area contributed by atoms with Gasteiger partial charge in [0, 0.05) is 30.4 Å². The van der Waals surface area contributed by atoms with E-state index in [1.165, 1.54) is 7.11 Å². The van der Waals surface area contributed by atoms with Gasteiger partial charge in [0.15, 0.2) is 0 Å². The number of rotatable bonds is 7. The summed E-state index contributed by atoms with van der Waals surface area (Å²) < 4.78 is 10.5. The fourth-order valence-corrected chi connectivity index (χ4v) is 3.75. The van der Waals surface area contributed by atoms with Gasteiger partial charge in [-0.25, -0.2) is 15.2 Å². The summed E-state index contributed by atoms with van der Waals surface area (Å²) in [4.78, 5) is 28.2. The Bertz CT molecular complexity index is 686. The smallest absolute Gasteiger partial charge is 0.407 e. The van der Waals surface area contributed by atoms with E-state index >= 15 is 0 Å². The average molecular weight is 391 g/mol. The molecular weight excluding hydrogens is 362 g/mol. The number of alkyl carbamates (subject to hydrolysis) is 1. The van der Waals surface area contributed by atoms with Crippen LogP contribution in [0.25, 0.3) is 0 Å². The maximum atomic E-state index is 12.4. The van der Waals surface area contributed by atoms with Crippen molar-refractivity contribution in [2.24, 2.45) is 5.92 Å². The third-order valence-corrected chi connectivity index (χ3v) is 5.23. The number of carbonyl (C=O) groups excluding carboxylic acids is 2. The summed E-state index contributed by atoms with van der Waals surface area (Å²) in [7, 11) is 1.52. The molecule has 2 amide bonds. The lowest BCUT2D eigenvalue weighted by Gasteiger charge is -2.18. The van der Waals surface area contributed by atoms with Crippen LogP contribution in [0.2, 0.25) is 0 Å². The van der Waals surface area contributed by atoms with Gasteiger partial charge >= 0.3 is 6.09 Å². The highest BCUT2D eigenvalue weighted by Crippen LogP contribution is 2.32. The van der Waals surface area contributed by atoms with Crippen LogP contribution in [0, 0.1) is 5.92 Å². The van der Waals surface area contributed by atoms with Crippen molar-refractivity contribution in [1.82, 2.24) is 26.5 Å². The first-order valence-electron chi connectivity index (χ1n) is 9.85. The second kappa shape index (κ2) is 9.70. The number of aromatic nitrogens is 1. The van der Waals surface area contributed by atoms with Crippen LogP contribution in [-0.4, -0.2) is 49.0 Å². The molecule has 4 N–H and O–H groups in total. The van der Waals surface area contributed by atoms with Gasteiger partial charge in [-0.1, -0.05) is 6.92 Å². The zero-order valence-corrected chi connectivity index (χ0v) is 16.4. The largest absolute Gasteiger partial charge is 0.481 e. The number of pyridine rings is 1. The van der Waals surface area contributed by atoms with Crippen molar-refractivity contribution in [3.63, 3.8) is 0 Å². The molecule has 1 aliphatic heterocycles. The summed E-state index contributed by atoms with van der Waals surface area (Å²) in [6.45, 7) is 2.64. The minimum absolute atomic E-state index is 0.0402. The number of nitrogens with one attached hydrogen (secondary N) is 4. The summed E-state index contributed by atoms with van der Waals surface area (Å²) in [6.07, 6.45) is 5.37. The van der Waals surface area contributed by atoms with E-state index in [0.717, 1.165) is 32.1 Å². The van der Waals surface area contributed by atoms with E-state index < -0.39 is 0 Å². The molecule has 1 saturated carbocycles. The van der Waals surface area contributed by atoms with Gasteiger partial charge in [0.1, 0.15) is 6.10 Å². The van der Waals surface area contributed by atoms with Crippen molar-refractivity contribution in [2.45, 2.75) is 57.3 Å². The summed E-state index contributed by atoms with van der Waals surface area (Å²) in [5.74, 6) is 0.628. The van der Waals surface area contributed by atoms with Crippen LogP contribution in [0.1, 0.15) is 49.4 Å². The van der Waals surface area contributed by atoms with E-state index in [2.05, 4.69) is 26.5 Å². The van der Waals surface area contributed by atoms with E-state index in [-0.39, 0.29) is 30.3 Å². The van der Waals surface area contributed by atoms with Crippen LogP contribution in [0.5, 0.6) is 5.88 Å². The number of amides is 2. The second-order valence-electron chi connectivity index (χ2n) is 7.27. The highest BCUT2D eigenvalue weighted by molar-refractivity contribution is 5.94. The van der Waals surface area contributed by atoms with Gasteiger partial charge in [-0.05, 0) is 44.1 Å².